The first-order valence-corrected chi connectivity index (χ1v) is 8.61. The number of carbonyl (C=O) groups is 2. The van der Waals surface area contributed by atoms with Gasteiger partial charge in [-0.3, -0.25) is 4.79 Å². The number of carbonyl (C=O) groups excluding carboxylic acids is 2. The molecular formula is C18H29ClN4O2. The van der Waals surface area contributed by atoms with E-state index >= 15 is 0 Å². The van der Waals surface area contributed by atoms with Crippen molar-refractivity contribution in [1.82, 2.24) is 15.5 Å². The molecular weight excluding hydrogens is 340 g/mol. The highest BCUT2D eigenvalue weighted by atomic mass is 35.5. The van der Waals surface area contributed by atoms with Crippen LogP contribution in [0.4, 0.5) is 10.5 Å². The molecule has 25 heavy (non-hydrogen) atoms. The molecule has 1 fully saturated rings. The molecule has 3 amide bonds. The Kier molecular flexibility index (Phi) is 8.72. The second-order valence-electron chi connectivity index (χ2n) is 6.62. The zero-order valence-corrected chi connectivity index (χ0v) is 16.0. The number of halogens is 1. The fraction of sp³-hybridized carbons (Fsp3) is 0.556. The predicted molar refractivity (Wildman–Crippen MR) is 104 cm³/mol. The fourth-order valence-electron chi connectivity index (χ4n) is 2.94. The molecule has 0 radical (unpaired) electrons. The normalized spacial score (nSPS) is 14.8. The Morgan fingerprint density at radius 2 is 1.76 bits per heavy atom. The molecule has 140 valence electrons. The number of hydrogen-bond acceptors (Lipinski definition) is 3. The van der Waals surface area contributed by atoms with E-state index in [0.29, 0.717) is 17.2 Å². The van der Waals surface area contributed by atoms with Gasteiger partial charge in [0.1, 0.15) is 0 Å². The van der Waals surface area contributed by atoms with Gasteiger partial charge in [-0.05, 0) is 70.5 Å². The van der Waals surface area contributed by atoms with Crippen molar-refractivity contribution in [2.24, 2.45) is 5.92 Å². The molecule has 0 bridgehead atoms. The van der Waals surface area contributed by atoms with Gasteiger partial charge in [0.2, 0.25) is 0 Å². The summed E-state index contributed by atoms with van der Waals surface area (Å²) in [4.78, 5) is 26.1. The van der Waals surface area contributed by atoms with E-state index in [4.69, 9.17) is 0 Å². The van der Waals surface area contributed by atoms with E-state index in [-0.39, 0.29) is 30.4 Å². The molecule has 0 saturated carbocycles. The van der Waals surface area contributed by atoms with Gasteiger partial charge < -0.3 is 20.9 Å². The zero-order chi connectivity index (χ0) is 17.5. The Hall–Kier alpha value is -1.79. The first kappa shape index (κ1) is 21.3. The molecule has 1 heterocycles. The summed E-state index contributed by atoms with van der Waals surface area (Å²) in [6, 6.07) is 6.91. The second kappa shape index (κ2) is 10.3. The fourth-order valence-corrected chi connectivity index (χ4v) is 2.94. The Balaban J connectivity index is 0.00000312. The molecule has 7 heteroatoms. The van der Waals surface area contributed by atoms with Crippen LogP contribution in [-0.2, 0) is 0 Å². The Labute approximate surface area is 156 Å². The molecule has 6 nitrogen and oxygen atoms in total. The summed E-state index contributed by atoms with van der Waals surface area (Å²) in [6.07, 6.45) is 2.09. The van der Waals surface area contributed by atoms with Crippen LogP contribution in [0.5, 0.6) is 0 Å². The standard InChI is InChI=1S/C18H28N4O2.ClH/c1-13(2)20-18(24)21-16-6-4-15(5-7-16)17(23)22-10-8-14(9-11-22)12-19-3;/h4-7,13-14,19H,8-12H2,1-3H3,(H2,20,21,24);1H. The average Bonchev–Trinajstić information content (AvgIpc) is 2.55. The van der Waals surface area contributed by atoms with Crippen LogP contribution in [0.2, 0.25) is 0 Å². The SMILES string of the molecule is CNCC1CCN(C(=O)c2ccc(NC(=O)NC(C)C)cc2)CC1.Cl. The lowest BCUT2D eigenvalue weighted by atomic mass is 9.96. The lowest BCUT2D eigenvalue weighted by Crippen LogP contribution is -2.40. The van der Waals surface area contributed by atoms with E-state index in [1.54, 1.807) is 24.3 Å². The Bertz CT molecular complexity index is 555. The van der Waals surface area contributed by atoms with Crippen molar-refractivity contribution in [3.63, 3.8) is 0 Å². The number of nitrogens with zero attached hydrogens (tertiary/aromatic N) is 1. The van der Waals surface area contributed by atoms with E-state index in [9.17, 15) is 9.59 Å². The van der Waals surface area contributed by atoms with Gasteiger partial charge in [-0.1, -0.05) is 0 Å². The highest BCUT2D eigenvalue weighted by Crippen LogP contribution is 2.19. The molecule has 0 aliphatic carbocycles. The summed E-state index contributed by atoms with van der Waals surface area (Å²) < 4.78 is 0. The number of likely N-dealkylation sites (tertiary alicyclic amines) is 1. The summed E-state index contributed by atoms with van der Waals surface area (Å²) in [7, 11) is 1.97. The van der Waals surface area contributed by atoms with Crippen LogP contribution in [0.25, 0.3) is 0 Å². The van der Waals surface area contributed by atoms with Crippen LogP contribution in [-0.4, -0.2) is 49.6 Å². The minimum atomic E-state index is -0.240. The van der Waals surface area contributed by atoms with Crippen LogP contribution in [0.3, 0.4) is 0 Å². The largest absolute Gasteiger partial charge is 0.339 e. The van der Waals surface area contributed by atoms with E-state index in [2.05, 4.69) is 16.0 Å². The van der Waals surface area contributed by atoms with E-state index in [1.807, 2.05) is 25.8 Å². The number of amides is 3. The number of hydrogen-bond donors (Lipinski definition) is 3. The Morgan fingerprint density at radius 3 is 2.28 bits per heavy atom. The maximum Gasteiger partial charge on any atom is 0.319 e. The van der Waals surface area contributed by atoms with Crippen LogP contribution >= 0.6 is 12.4 Å². The molecule has 0 unspecified atom stereocenters. The number of benzene rings is 1. The molecule has 0 spiro atoms. The maximum absolute atomic E-state index is 12.6. The van der Waals surface area contributed by atoms with Crippen molar-refractivity contribution < 1.29 is 9.59 Å². The van der Waals surface area contributed by atoms with E-state index in [1.165, 1.54) is 0 Å². The first-order valence-electron chi connectivity index (χ1n) is 8.61. The number of piperidine rings is 1. The predicted octanol–water partition coefficient (Wildman–Crippen LogP) is 2.71. The van der Waals surface area contributed by atoms with E-state index < -0.39 is 0 Å². The topological polar surface area (TPSA) is 73.5 Å². The molecule has 0 atom stereocenters. The third kappa shape index (κ3) is 6.55. The van der Waals surface area contributed by atoms with Crippen LogP contribution < -0.4 is 16.0 Å². The van der Waals surface area contributed by atoms with E-state index in [0.717, 1.165) is 32.5 Å². The molecule has 2 rings (SSSR count). The molecule has 0 aromatic heterocycles. The number of urea groups is 1. The summed E-state index contributed by atoms with van der Waals surface area (Å²) in [6.45, 7) is 6.44. The Morgan fingerprint density at radius 1 is 1.16 bits per heavy atom. The van der Waals surface area contributed by atoms with Gasteiger partial charge in [-0.25, -0.2) is 4.79 Å². The van der Waals surface area contributed by atoms with Crippen molar-refractivity contribution in [1.29, 1.82) is 0 Å². The number of rotatable bonds is 5. The van der Waals surface area contributed by atoms with Gasteiger partial charge in [0.15, 0.2) is 0 Å². The lowest BCUT2D eigenvalue weighted by molar-refractivity contribution is 0.0691. The van der Waals surface area contributed by atoms with Gasteiger partial charge in [-0.15, -0.1) is 12.4 Å². The van der Waals surface area contributed by atoms with Gasteiger partial charge in [-0.2, -0.15) is 0 Å². The molecule has 1 aliphatic heterocycles. The monoisotopic (exact) mass is 368 g/mol. The average molecular weight is 369 g/mol. The van der Waals surface area contributed by atoms with Gasteiger partial charge >= 0.3 is 6.03 Å². The highest BCUT2D eigenvalue weighted by Gasteiger charge is 2.23. The van der Waals surface area contributed by atoms with Gasteiger partial charge in [0, 0.05) is 30.4 Å². The maximum atomic E-state index is 12.6. The third-order valence-electron chi connectivity index (χ3n) is 4.20. The quantitative estimate of drug-likeness (QED) is 0.748. The smallest absolute Gasteiger partial charge is 0.319 e. The third-order valence-corrected chi connectivity index (χ3v) is 4.20. The van der Waals surface area contributed by atoms with Crippen molar-refractivity contribution in [3.8, 4) is 0 Å². The van der Waals surface area contributed by atoms with Crippen molar-refractivity contribution in [3.05, 3.63) is 29.8 Å². The zero-order valence-electron chi connectivity index (χ0n) is 15.2. The van der Waals surface area contributed by atoms with Crippen molar-refractivity contribution in [2.45, 2.75) is 32.7 Å². The van der Waals surface area contributed by atoms with Crippen LogP contribution in [0.15, 0.2) is 24.3 Å². The van der Waals surface area contributed by atoms with Crippen LogP contribution in [0.1, 0.15) is 37.0 Å². The lowest BCUT2D eigenvalue weighted by Gasteiger charge is -2.32. The molecule has 3 N–H and O–H groups in total. The van der Waals surface area contributed by atoms with Crippen molar-refractivity contribution in [2.75, 3.05) is 32.0 Å². The van der Waals surface area contributed by atoms with Gasteiger partial charge in [0.25, 0.3) is 5.91 Å². The molecule has 1 aromatic carbocycles. The highest BCUT2D eigenvalue weighted by molar-refractivity contribution is 5.95. The summed E-state index contributed by atoms with van der Waals surface area (Å²) >= 11 is 0. The molecule has 1 aliphatic rings. The number of nitrogens with one attached hydrogen (secondary N) is 3. The molecule has 1 aromatic rings. The minimum absolute atomic E-state index is 0. The summed E-state index contributed by atoms with van der Waals surface area (Å²) in [5.41, 5.74) is 1.34. The van der Waals surface area contributed by atoms with Gasteiger partial charge in [0.05, 0.1) is 0 Å². The van der Waals surface area contributed by atoms with Crippen LogP contribution in [0, 0.1) is 5.92 Å². The summed E-state index contributed by atoms with van der Waals surface area (Å²) in [5.74, 6) is 0.723. The number of anilines is 1. The second-order valence-corrected chi connectivity index (χ2v) is 6.62. The van der Waals surface area contributed by atoms with Crippen molar-refractivity contribution >= 4 is 30.0 Å². The first-order chi connectivity index (χ1) is 11.5. The minimum Gasteiger partial charge on any atom is -0.339 e. The molecule has 1 saturated heterocycles. The summed E-state index contributed by atoms with van der Waals surface area (Å²) in [5, 5.41) is 8.72.